The molecule has 0 radical (unpaired) electrons. The molecule has 0 saturated heterocycles. The number of amides is 2. The second-order valence-electron chi connectivity index (χ2n) is 5.07. The Kier molecular flexibility index (Phi) is 4.48. The molecule has 1 saturated carbocycles. The van der Waals surface area contributed by atoms with Crippen LogP contribution in [0, 0.1) is 12.3 Å². The number of carboxylic acids is 1. The zero-order valence-electron chi connectivity index (χ0n) is 11.6. The third-order valence-corrected chi connectivity index (χ3v) is 3.60. The van der Waals surface area contributed by atoms with Crippen molar-refractivity contribution in [2.45, 2.75) is 37.6 Å². The summed E-state index contributed by atoms with van der Waals surface area (Å²) in [6, 6.07) is -0.292. The van der Waals surface area contributed by atoms with Gasteiger partial charge in [-0.05, 0) is 25.7 Å². The molecule has 0 unspecified atom stereocenters. The van der Waals surface area contributed by atoms with E-state index >= 15 is 0 Å². The van der Waals surface area contributed by atoms with Crippen LogP contribution in [-0.2, 0) is 5.54 Å². The van der Waals surface area contributed by atoms with Crippen molar-refractivity contribution in [2.24, 2.45) is 0 Å². The topological polar surface area (TPSA) is 107 Å². The average Bonchev–Trinajstić information content (AvgIpc) is 2.89. The number of rotatable bonds is 6. The van der Waals surface area contributed by atoms with E-state index in [9.17, 15) is 9.59 Å². The number of unbranched alkanes of at least 4 members (excludes halogenated alkanes) is 1. The third kappa shape index (κ3) is 3.34. The van der Waals surface area contributed by atoms with Crippen LogP contribution in [0.15, 0.2) is 6.20 Å². The summed E-state index contributed by atoms with van der Waals surface area (Å²) in [5, 5.41) is 14.5. The summed E-state index contributed by atoms with van der Waals surface area (Å²) < 4.78 is 0. The summed E-state index contributed by atoms with van der Waals surface area (Å²) in [5.74, 6) is 1.93. The molecule has 7 heteroatoms. The number of carbonyl (C=O) groups excluding carboxylic acids is 1. The van der Waals surface area contributed by atoms with Crippen LogP contribution in [0.2, 0.25) is 0 Å². The maximum atomic E-state index is 11.9. The molecular formula is C14H18N4O3. The highest BCUT2D eigenvalue weighted by atomic mass is 16.4. The summed E-state index contributed by atoms with van der Waals surface area (Å²) in [5.41, 5.74) is -0.573. The van der Waals surface area contributed by atoms with Gasteiger partial charge in [0.1, 0.15) is 11.5 Å². The Labute approximate surface area is 122 Å². The lowest BCUT2D eigenvalue weighted by atomic mass is 9.76. The van der Waals surface area contributed by atoms with Crippen LogP contribution in [0.25, 0.3) is 0 Å². The van der Waals surface area contributed by atoms with E-state index < -0.39 is 11.5 Å². The first kappa shape index (κ1) is 14.9. The molecule has 1 aromatic heterocycles. The molecule has 0 atom stereocenters. The van der Waals surface area contributed by atoms with E-state index in [0.717, 1.165) is 25.7 Å². The molecule has 1 aliphatic carbocycles. The van der Waals surface area contributed by atoms with Crippen LogP contribution in [0.3, 0.4) is 0 Å². The molecule has 4 N–H and O–H groups in total. The molecule has 0 bridgehead atoms. The van der Waals surface area contributed by atoms with Crippen LogP contribution in [-0.4, -0.2) is 33.6 Å². The van der Waals surface area contributed by atoms with Crippen LogP contribution >= 0.6 is 0 Å². The van der Waals surface area contributed by atoms with Gasteiger partial charge < -0.3 is 20.7 Å². The monoisotopic (exact) mass is 290 g/mol. The van der Waals surface area contributed by atoms with E-state index in [-0.39, 0.29) is 11.7 Å². The SMILES string of the molecule is C#CCCCNC(=O)NC1(c2ncc(C(=O)O)[nH]2)CCC1. The van der Waals surface area contributed by atoms with Gasteiger partial charge in [0.05, 0.1) is 11.7 Å². The number of aromatic nitrogens is 2. The number of carbonyl (C=O) groups is 2. The maximum Gasteiger partial charge on any atom is 0.353 e. The molecule has 1 heterocycles. The fourth-order valence-electron chi connectivity index (χ4n) is 2.28. The first-order chi connectivity index (χ1) is 10.1. The van der Waals surface area contributed by atoms with Crippen molar-refractivity contribution in [1.29, 1.82) is 0 Å². The van der Waals surface area contributed by atoms with Gasteiger partial charge in [-0.15, -0.1) is 12.3 Å². The zero-order valence-corrected chi connectivity index (χ0v) is 11.6. The Balaban J connectivity index is 1.96. The molecule has 1 fully saturated rings. The highest BCUT2D eigenvalue weighted by Gasteiger charge is 2.42. The van der Waals surface area contributed by atoms with Gasteiger partial charge in [0, 0.05) is 13.0 Å². The largest absolute Gasteiger partial charge is 0.477 e. The number of aromatic carboxylic acids is 1. The normalized spacial score (nSPS) is 15.6. The van der Waals surface area contributed by atoms with Crippen molar-refractivity contribution in [3.05, 3.63) is 17.7 Å². The highest BCUT2D eigenvalue weighted by molar-refractivity contribution is 5.85. The van der Waals surface area contributed by atoms with Crippen molar-refractivity contribution >= 4 is 12.0 Å². The van der Waals surface area contributed by atoms with Crippen molar-refractivity contribution in [2.75, 3.05) is 6.54 Å². The minimum atomic E-state index is -1.07. The van der Waals surface area contributed by atoms with E-state index in [1.807, 2.05) is 0 Å². The van der Waals surface area contributed by atoms with E-state index in [4.69, 9.17) is 11.5 Å². The Morgan fingerprint density at radius 3 is 2.81 bits per heavy atom. The van der Waals surface area contributed by atoms with E-state index in [1.54, 1.807) is 0 Å². The van der Waals surface area contributed by atoms with Crippen molar-refractivity contribution in [3.8, 4) is 12.3 Å². The van der Waals surface area contributed by atoms with Gasteiger partial charge in [0.2, 0.25) is 0 Å². The second kappa shape index (κ2) is 6.31. The fraction of sp³-hybridized carbons (Fsp3) is 0.500. The van der Waals surface area contributed by atoms with Crippen LogP contribution in [0.1, 0.15) is 48.4 Å². The summed E-state index contributed by atoms with van der Waals surface area (Å²) in [4.78, 5) is 29.6. The number of hydrogen-bond acceptors (Lipinski definition) is 3. The molecule has 2 rings (SSSR count). The lowest BCUT2D eigenvalue weighted by Gasteiger charge is -2.40. The highest BCUT2D eigenvalue weighted by Crippen LogP contribution is 2.39. The van der Waals surface area contributed by atoms with E-state index in [1.165, 1.54) is 6.20 Å². The van der Waals surface area contributed by atoms with Gasteiger partial charge in [-0.1, -0.05) is 0 Å². The number of nitrogens with zero attached hydrogens (tertiary/aromatic N) is 1. The van der Waals surface area contributed by atoms with E-state index in [2.05, 4.69) is 26.5 Å². The summed E-state index contributed by atoms with van der Waals surface area (Å²) >= 11 is 0. The van der Waals surface area contributed by atoms with Crippen molar-refractivity contribution in [1.82, 2.24) is 20.6 Å². The van der Waals surface area contributed by atoms with Gasteiger partial charge in [0.15, 0.2) is 0 Å². The Morgan fingerprint density at radius 2 is 2.29 bits per heavy atom. The number of aromatic amines is 1. The minimum absolute atomic E-state index is 0.0208. The average molecular weight is 290 g/mol. The molecule has 0 aromatic carbocycles. The van der Waals surface area contributed by atoms with Crippen molar-refractivity contribution in [3.63, 3.8) is 0 Å². The molecule has 7 nitrogen and oxygen atoms in total. The molecular weight excluding hydrogens is 272 g/mol. The molecule has 2 amide bonds. The summed E-state index contributed by atoms with van der Waals surface area (Å²) in [6.07, 6.45) is 10.2. The van der Waals surface area contributed by atoms with Gasteiger partial charge >= 0.3 is 12.0 Å². The number of hydrogen-bond donors (Lipinski definition) is 4. The lowest BCUT2D eigenvalue weighted by Crippen LogP contribution is -2.54. The first-order valence-electron chi connectivity index (χ1n) is 6.86. The quantitative estimate of drug-likeness (QED) is 0.466. The number of carboxylic acid groups (broad SMARTS) is 1. The zero-order chi connectivity index (χ0) is 15.3. The number of terminal acetylenes is 1. The van der Waals surface area contributed by atoms with Crippen LogP contribution in [0.4, 0.5) is 4.79 Å². The summed E-state index contributed by atoms with van der Waals surface area (Å²) in [7, 11) is 0. The maximum absolute atomic E-state index is 11.9. The predicted octanol–water partition coefficient (Wildman–Crippen LogP) is 1.20. The standard InChI is InChI=1S/C14H18N4O3/c1-2-3-4-8-15-13(21)18-14(6-5-7-14)12-16-9-10(17-12)11(19)20/h1,9H,3-8H2,(H,16,17)(H,19,20)(H2,15,18,21). The molecule has 112 valence electrons. The molecule has 1 aliphatic rings. The predicted molar refractivity (Wildman–Crippen MR) is 75.7 cm³/mol. The number of imidazole rings is 1. The summed E-state index contributed by atoms with van der Waals surface area (Å²) in [6.45, 7) is 0.505. The van der Waals surface area contributed by atoms with Gasteiger partial charge in [-0.2, -0.15) is 0 Å². The van der Waals surface area contributed by atoms with E-state index in [0.29, 0.717) is 18.8 Å². The first-order valence-corrected chi connectivity index (χ1v) is 6.86. The fourth-order valence-corrected chi connectivity index (χ4v) is 2.28. The number of H-pyrrole nitrogens is 1. The van der Waals surface area contributed by atoms with Crippen molar-refractivity contribution < 1.29 is 14.7 Å². The van der Waals surface area contributed by atoms with Gasteiger partial charge in [-0.25, -0.2) is 14.6 Å². The minimum Gasteiger partial charge on any atom is -0.477 e. The molecule has 0 aliphatic heterocycles. The van der Waals surface area contributed by atoms with Gasteiger partial charge in [0.25, 0.3) is 0 Å². The Hall–Kier alpha value is -2.49. The molecule has 1 aromatic rings. The smallest absolute Gasteiger partial charge is 0.353 e. The number of urea groups is 1. The van der Waals surface area contributed by atoms with Crippen LogP contribution < -0.4 is 10.6 Å². The van der Waals surface area contributed by atoms with Gasteiger partial charge in [-0.3, -0.25) is 0 Å². The molecule has 21 heavy (non-hydrogen) atoms. The molecule has 0 spiro atoms. The second-order valence-corrected chi connectivity index (χ2v) is 5.07. The van der Waals surface area contributed by atoms with Crippen LogP contribution in [0.5, 0.6) is 0 Å². The Bertz CT molecular complexity index is 569. The third-order valence-electron chi connectivity index (χ3n) is 3.60. The number of nitrogens with one attached hydrogen (secondary N) is 3. The lowest BCUT2D eigenvalue weighted by molar-refractivity contribution is 0.0690. The Morgan fingerprint density at radius 1 is 1.52 bits per heavy atom.